The Labute approximate surface area is 99.3 Å². The average Bonchev–Trinajstić information content (AvgIpc) is 2.57. The van der Waals surface area contributed by atoms with Crippen LogP contribution in [0.2, 0.25) is 0 Å². The van der Waals surface area contributed by atoms with Gasteiger partial charge in [-0.15, -0.1) is 0 Å². The van der Waals surface area contributed by atoms with Crippen LogP contribution >= 0.6 is 0 Å². The van der Waals surface area contributed by atoms with Crippen molar-refractivity contribution >= 4 is 0 Å². The summed E-state index contributed by atoms with van der Waals surface area (Å²) in [6, 6.07) is 4.74. The van der Waals surface area contributed by atoms with E-state index in [1.165, 1.54) is 10.7 Å². The van der Waals surface area contributed by atoms with E-state index in [0.29, 0.717) is 17.3 Å². The molecule has 4 nitrogen and oxygen atoms in total. The van der Waals surface area contributed by atoms with E-state index in [0.717, 1.165) is 5.56 Å². The highest BCUT2D eigenvalue weighted by Crippen LogP contribution is 2.18. The Balaban J connectivity index is 2.50. The molecule has 90 valence electrons. The Kier molecular flexibility index (Phi) is 2.93. The van der Waals surface area contributed by atoms with Crippen LogP contribution in [0.1, 0.15) is 30.2 Å². The topological polar surface area (TPSA) is 56.7 Å². The Morgan fingerprint density at radius 1 is 1.35 bits per heavy atom. The number of aryl methyl sites for hydroxylation is 2. The third-order valence-corrected chi connectivity index (χ3v) is 2.60. The van der Waals surface area contributed by atoms with E-state index in [1.807, 2.05) is 6.92 Å². The molecule has 2 aromatic rings. The van der Waals surface area contributed by atoms with Crippen LogP contribution in [-0.2, 0) is 0 Å². The van der Waals surface area contributed by atoms with Crippen LogP contribution in [0.25, 0.3) is 5.69 Å². The minimum absolute atomic E-state index is 0.183. The number of nitrogens with zero attached hydrogens (tertiary/aromatic N) is 3. The largest absolute Gasteiger partial charge is 0.324 e. The number of rotatable bonds is 2. The summed E-state index contributed by atoms with van der Waals surface area (Å²) >= 11 is 0. The van der Waals surface area contributed by atoms with Gasteiger partial charge in [0.15, 0.2) is 0 Å². The molecule has 17 heavy (non-hydrogen) atoms. The lowest BCUT2D eigenvalue weighted by Crippen LogP contribution is -2.08. The Morgan fingerprint density at radius 2 is 2.06 bits per heavy atom. The molecule has 0 aliphatic rings. The lowest BCUT2D eigenvalue weighted by Gasteiger charge is -2.09. The van der Waals surface area contributed by atoms with E-state index in [2.05, 4.69) is 10.1 Å². The zero-order valence-electron chi connectivity index (χ0n) is 10.1. The molecule has 0 spiro atoms. The lowest BCUT2D eigenvalue weighted by molar-refractivity contribution is 0.602. The first kappa shape index (κ1) is 11.7. The molecule has 0 bridgehead atoms. The van der Waals surface area contributed by atoms with Crippen LogP contribution < -0.4 is 5.73 Å². The maximum absolute atomic E-state index is 13.9. The van der Waals surface area contributed by atoms with Gasteiger partial charge >= 0.3 is 0 Å². The maximum atomic E-state index is 13.9. The van der Waals surface area contributed by atoms with Crippen molar-refractivity contribution in [3.8, 4) is 5.69 Å². The molecule has 0 amide bonds. The van der Waals surface area contributed by atoms with Gasteiger partial charge in [0.05, 0.1) is 0 Å². The number of hydrogen-bond donors (Lipinski definition) is 1. The van der Waals surface area contributed by atoms with Gasteiger partial charge in [0.1, 0.15) is 23.2 Å². The van der Waals surface area contributed by atoms with Crippen LogP contribution in [-0.4, -0.2) is 14.8 Å². The monoisotopic (exact) mass is 234 g/mol. The minimum atomic E-state index is -0.340. The fourth-order valence-electron chi connectivity index (χ4n) is 1.73. The van der Waals surface area contributed by atoms with E-state index in [-0.39, 0.29) is 11.9 Å². The molecule has 0 fully saturated rings. The number of benzene rings is 1. The van der Waals surface area contributed by atoms with Crippen LogP contribution in [0.15, 0.2) is 18.2 Å². The SMILES string of the molecule is Cc1nc(C)n(-c2ccc([C@H](C)N)cc2F)n1. The summed E-state index contributed by atoms with van der Waals surface area (Å²) in [4.78, 5) is 4.15. The second kappa shape index (κ2) is 4.25. The van der Waals surface area contributed by atoms with Gasteiger partial charge in [0.2, 0.25) is 0 Å². The average molecular weight is 234 g/mol. The molecular weight excluding hydrogens is 219 g/mol. The van der Waals surface area contributed by atoms with E-state index in [9.17, 15) is 4.39 Å². The van der Waals surface area contributed by atoms with Gasteiger partial charge in [-0.1, -0.05) is 6.07 Å². The molecule has 0 saturated heterocycles. The predicted octanol–water partition coefficient (Wildman–Crippen LogP) is 2.04. The molecule has 1 heterocycles. The van der Waals surface area contributed by atoms with Crippen molar-refractivity contribution in [1.29, 1.82) is 0 Å². The van der Waals surface area contributed by atoms with Crippen LogP contribution in [0.5, 0.6) is 0 Å². The van der Waals surface area contributed by atoms with Crippen LogP contribution in [0, 0.1) is 19.7 Å². The van der Waals surface area contributed by atoms with Gasteiger partial charge in [-0.25, -0.2) is 14.1 Å². The first-order valence-corrected chi connectivity index (χ1v) is 5.44. The molecule has 0 aliphatic heterocycles. The highest BCUT2D eigenvalue weighted by molar-refractivity contribution is 5.37. The summed E-state index contributed by atoms with van der Waals surface area (Å²) in [5.74, 6) is 0.945. The van der Waals surface area contributed by atoms with E-state index in [4.69, 9.17) is 5.73 Å². The van der Waals surface area contributed by atoms with Crippen LogP contribution in [0.4, 0.5) is 4.39 Å². The summed E-state index contributed by atoms with van der Waals surface area (Å²) in [5, 5.41) is 4.15. The summed E-state index contributed by atoms with van der Waals surface area (Å²) in [6.07, 6.45) is 0. The fourth-order valence-corrected chi connectivity index (χ4v) is 1.73. The molecule has 2 rings (SSSR count). The molecule has 1 aromatic carbocycles. The van der Waals surface area contributed by atoms with Crippen molar-refractivity contribution < 1.29 is 4.39 Å². The quantitative estimate of drug-likeness (QED) is 0.865. The summed E-state index contributed by atoms with van der Waals surface area (Å²) in [6.45, 7) is 5.38. The normalized spacial score (nSPS) is 12.8. The van der Waals surface area contributed by atoms with Crippen LogP contribution in [0.3, 0.4) is 0 Å². The number of halogens is 1. The van der Waals surface area contributed by atoms with Crippen molar-refractivity contribution in [3.05, 3.63) is 41.2 Å². The first-order chi connectivity index (χ1) is 7.99. The second-order valence-corrected chi connectivity index (χ2v) is 4.12. The number of nitrogens with two attached hydrogens (primary N) is 1. The van der Waals surface area contributed by atoms with Gasteiger partial charge in [-0.05, 0) is 38.5 Å². The van der Waals surface area contributed by atoms with Crippen molar-refractivity contribution in [2.45, 2.75) is 26.8 Å². The number of hydrogen-bond acceptors (Lipinski definition) is 3. The van der Waals surface area contributed by atoms with Gasteiger partial charge in [-0.2, -0.15) is 5.10 Å². The molecule has 2 N–H and O–H groups in total. The highest BCUT2D eigenvalue weighted by Gasteiger charge is 2.11. The Hall–Kier alpha value is -1.75. The standard InChI is InChI=1S/C12H15FN4/c1-7(14)10-4-5-12(11(13)6-10)17-9(3)15-8(2)16-17/h4-7H,14H2,1-3H3/t7-/m0/s1. The van der Waals surface area contributed by atoms with Gasteiger partial charge in [0.25, 0.3) is 0 Å². The molecule has 0 radical (unpaired) electrons. The highest BCUT2D eigenvalue weighted by atomic mass is 19.1. The smallest absolute Gasteiger partial charge is 0.149 e. The molecular formula is C12H15FN4. The first-order valence-electron chi connectivity index (χ1n) is 5.44. The molecule has 0 aliphatic carbocycles. The van der Waals surface area contributed by atoms with E-state index in [1.54, 1.807) is 26.0 Å². The second-order valence-electron chi connectivity index (χ2n) is 4.12. The third-order valence-electron chi connectivity index (χ3n) is 2.60. The lowest BCUT2D eigenvalue weighted by atomic mass is 10.1. The van der Waals surface area contributed by atoms with Gasteiger partial charge in [0, 0.05) is 6.04 Å². The molecule has 5 heteroatoms. The van der Waals surface area contributed by atoms with E-state index >= 15 is 0 Å². The van der Waals surface area contributed by atoms with Crippen molar-refractivity contribution in [2.75, 3.05) is 0 Å². The van der Waals surface area contributed by atoms with E-state index < -0.39 is 0 Å². The van der Waals surface area contributed by atoms with Gasteiger partial charge < -0.3 is 5.73 Å². The van der Waals surface area contributed by atoms with Crippen molar-refractivity contribution in [3.63, 3.8) is 0 Å². The molecule has 1 atom stereocenters. The van der Waals surface area contributed by atoms with Crippen molar-refractivity contribution in [1.82, 2.24) is 14.8 Å². The molecule has 1 aromatic heterocycles. The molecule has 0 unspecified atom stereocenters. The molecule has 0 saturated carbocycles. The maximum Gasteiger partial charge on any atom is 0.149 e. The zero-order chi connectivity index (χ0) is 12.6. The summed E-state index contributed by atoms with van der Waals surface area (Å²) in [5.41, 5.74) is 6.86. The predicted molar refractivity (Wildman–Crippen MR) is 63.4 cm³/mol. The minimum Gasteiger partial charge on any atom is -0.324 e. The van der Waals surface area contributed by atoms with Gasteiger partial charge in [-0.3, -0.25) is 0 Å². The summed E-state index contributed by atoms with van der Waals surface area (Å²) in [7, 11) is 0. The summed E-state index contributed by atoms with van der Waals surface area (Å²) < 4.78 is 15.4. The number of aromatic nitrogens is 3. The third kappa shape index (κ3) is 2.19. The fraction of sp³-hybridized carbons (Fsp3) is 0.333. The van der Waals surface area contributed by atoms with Crippen molar-refractivity contribution in [2.24, 2.45) is 5.73 Å². The zero-order valence-corrected chi connectivity index (χ0v) is 10.1. The Bertz CT molecular complexity index is 545. The Morgan fingerprint density at radius 3 is 2.53 bits per heavy atom.